The highest BCUT2D eigenvalue weighted by Crippen LogP contribution is 2.32. The molecule has 12 nitrogen and oxygen atoms in total. The molecule has 0 aliphatic rings. The van der Waals surface area contributed by atoms with Crippen LogP contribution in [0.4, 0.5) is 17.1 Å². The standard InChI is InChI=1S/C20H19N3O9S3/c1-13-6-8-16(9-7-13)33(26,27)21-19-11-18(35(30,31)32)12-20(14(19)2)22-34(28,29)17-5-3-4-15(10-17)23(24)25/h3-12,21-22H,1-2H3,(H,30,31,32). The molecule has 3 aromatic carbocycles. The lowest BCUT2D eigenvalue weighted by atomic mass is 10.2. The number of nitrogens with one attached hydrogen (secondary N) is 2. The van der Waals surface area contributed by atoms with Gasteiger partial charge < -0.3 is 0 Å². The molecule has 0 aliphatic carbocycles. The van der Waals surface area contributed by atoms with Gasteiger partial charge in [0.05, 0.1) is 31.0 Å². The van der Waals surface area contributed by atoms with Crippen molar-refractivity contribution in [3.05, 3.63) is 81.9 Å². The second kappa shape index (κ2) is 9.26. The number of nitro groups is 1. The van der Waals surface area contributed by atoms with Crippen LogP contribution in [0, 0.1) is 24.0 Å². The topological polar surface area (TPSA) is 190 Å². The normalized spacial score (nSPS) is 12.2. The molecule has 0 bridgehead atoms. The number of aryl methyl sites for hydroxylation is 1. The molecule has 0 saturated carbocycles. The van der Waals surface area contributed by atoms with Crippen molar-refractivity contribution in [1.82, 2.24) is 0 Å². The number of sulfonamides is 2. The Hall–Kier alpha value is -3.53. The summed E-state index contributed by atoms with van der Waals surface area (Å²) < 4.78 is 88.8. The highest BCUT2D eigenvalue weighted by Gasteiger charge is 2.24. The molecule has 0 unspecified atom stereocenters. The third-order valence-corrected chi connectivity index (χ3v) is 8.41. The van der Waals surface area contributed by atoms with E-state index >= 15 is 0 Å². The summed E-state index contributed by atoms with van der Waals surface area (Å²) in [5.41, 5.74) is -0.429. The van der Waals surface area contributed by atoms with Crippen molar-refractivity contribution in [2.24, 2.45) is 0 Å². The molecule has 0 fully saturated rings. The SMILES string of the molecule is Cc1ccc(S(=O)(=O)Nc2cc(S(=O)(=O)O)cc(NS(=O)(=O)c3cccc([N+](=O)[O-])c3)c2C)cc1. The second-order valence-corrected chi connectivity index (χ2v) is 12.2. The number of rotatable bonds is 8. The van der Waals surface area contributed by atoms with Crippen LogP contribution in [0.2, 0.25) is 0 Å². The average molecular weight is 542 g/mol. The largest absolute Gasteiger partial charge is 0.294 e. The zero-order valence-electron chi connectivity index (χ0n) is 18.2. The summed E-state index contributed by atoms with van der Waals surface area (Å²) in [6, 6.07) is 11.5. The second-order valence-electron chi connectivity index (χ2n) is 7.40. The Bertz CT molecular complexity index is 1630. The van der Waals surface area contributed by atoms with Gasteiger partial charge in [-0.15, -0.1) is 0 Å². The molecule has 0 aromatic heterocycles. The van der Waals surface area contributed by atoms with E-state index in [4.69, 9.17) is 0 Å². The van der Waals surface area contributed by atoms with Crippen LogP contribution >= 0.6 is 0 Å². The van der Waals surface area contributed by atoms with Crippen LogP contribution in [0.5, 0.6) is 0 Å². The molecule has 0 amide bonds. The third-order valence-electron chi connectivity index (χ3n) is 4.84. The smallest absolute Gasteiger partial charge is 0.282 e. The van der Waals surface area contributed by atoms with Gasteiger partial charge in [0.2, 0.25) is 0 Å². The lowest BCUT2D eigenvalue weighted by Gasteiger charge is -2.17. The van der Waals surface area contributed by atoms with Gasteiger partial charge in [0.25, 0.3) is 35.9 Å². The summed E-state index contributed by atoms with van der Waals surface area (Å²) >= 11 is 0. The van der Waals surface area contributed by atoms with Gasteiger partial charge in [-0.25, -0.2) is 16.8 Å². The van der Waals surface area contributed by atoms with Crippen molar-refractivity contribution in [3.63, 3.8) is 0 Å². The van der Waals surface area contributed by atoms with Crippen molar-refractivity contribution >= 4 is 47.2 Å². The Labute approximate surface area is 201 Å². The Morgan fingerprint density at radius 1 is 0.743 bits per heavy atom. The Morgan fingerprint density at radius 2 is 1.26 bits per heavy atom. The van der Waals surface area contributed by atoms with E-state index in [1.54, 1.807) is 19.1 Å². The first kappa shape index (κ1) is 26.1. The zero-order chi connectivity index (χ0) is 26.2. The van der Waals surface area contributed by atoms with Gasteiger partial charge >= 0.3 is 0 Å². The van der Waals surface area contributed by atoms with E-state index in [1.807, 2.05) is 0 Å². The average Bonchev–Trinajstić information content (AvgIpc) is 2.75. The maximum atomic E-state index is 12.9. The number of nitro benzene ring substituents is 1. The van der Waals surface area contributed by atoms with E-state index in [9.17, 15) is 39.9 Å². The van der Waals surface area contributed by atoms with Crippen LogP contribution in [0.25, 0.3) is 0 Å². The first-order valence-electron chi connectivity index (χ1n) is 9.59. The fourth-order valence-electron chi connectivity index (χ4n) is 2.94. The third kappa shape index (κ3) is 5.94. The molecule has 0 spiro atoms. The molecule has 0 atom stereocenters. The van der Waals surface area contributed by atoms with Crippen LogP contribution in [0.1, 0.15) is 11.1 Å². The Balaban J connectivity index is 2.10. The van der Waals surface area contributed by atoms with Gasteiger partial charge in [0.15, 0.2) is 0 Å². The molecule has 15 heteroatoms. The van der Waals surface area contributed by atoms with Crippen LogP contribution in [0.15, 0.2) is 75.4 Å². The van der Waals surface area contributed by atoms with E-state index in [1.165, 1.54) is 19.1 Å². The van der Waals surface area contributed by atoms with Crippen molar-refractivity contribution in [3.8, 4) is 0 Å². The van der Waals surface area contributed by atoms with E-state index in [-0.39, 0.29) is 21.8 Å². The number of anilines is 2. The maximum absolute atomic E-state index is 12.9. The number of hydrogen-bond acceptors (Lipinski definition) is 8. The Kier molecular flexibility index (Phi) is 6.90. The predicted molar refractivity (Wildman–Crippen MR) is 127 cm³/mol. The minimum Gasteiger partial charge on any atom is -0.282 e. The summed E-state index contributed by atoms with van der Waals surface area (Å²) in [7, 11) is -13.6. The summed E-state index contributed by atoms with van der Waals surface area (Å²) in [6.07, 6.45) is 0. The van der Waals surface area contributed by atoms with Gasteiger partial charge in [-0.2, -0.15) is 8.42 Å². The van der Waals surface area contributed by atoms with Gasteiger partial charge in [-0.1, -0.05) is 23.8 Å². The highest BCUT2D eigenvalue weighted by molar-refractivity contribution is 7.93. The summed E-state index contributed by atoms with van der Waals surface area (Å²) in [5.74, 6) is 0. The van der Waals surface area contributed by atoms with E-state index in [0.29, 0.717) is 0 Å². The van der Waals surface area contributed by atoms with Gasteiger partial charge in [0, 0.05) is 12.1 Å². The van der Waals surface area contributed by atoms with E-state index in [2.05, 4.69) is 9.44 Å². The highest BCUT2D eigenvalue weighted by atomic mass is 32.2. The molecule has 3 rings (SSSR count). The molecular weight excluding hydrogens is 522 g/mol. The fraction of sp³-hybridized carbons (Fsp3) is 0.100. The summed E-state index contributed by atoms with van der Waals surface area (Å²) in [5, 5.41) is 11.0. The zero-order valence-corrected chi connectivity index (χ0v) is 20.6. The quantitative estimate of drug-likeness (QED) is 0.218. The van der Waals surface area contributed by atoms with Crippen LogP contribution in [-0.2, 0) is 30.2 Å². The monoisotopic (exact) mass is 541 g/mol. The molecule has 0 heterocycles. The number of hydrogen-bond donors (Lipinski definition) is 3. The van der Waals surface area contributed by atoms with Crippen LogP contribution in [0.3, 0.4) is 0 Å². The fourth-order valence-corrected chi connectivity index (χ4v) is 5.74. The molecule has 0 saturated heterocycles. The molecule has 0 radical (unpaired) electrons. The molecular formula is C20H19N3O9S3. The van der Waals surface area contributed by atoms with Crippen LogP contribution in [-0.4, -0.2) is 34.7 Å². The molecule has 3 N–H and O–H groups in total. The lowest BCUT2D eigenvalue weighted by molar-refractivity contribution is -0.385. The van der Waals surface area contributed by atoms with Crippen LogP contribution < -0.4 is 9.44 Å². The number of nitrogens with zero attached hydrogens (tertiary/aromatic N) is 1. The summed E-state index contributed by atoms with van der Waals surface area (Å²) in [6.45, 7) is 3.06. The van der Waals surface area contributed by atoms with Gasteiger partial charge in [0.1, 0.15) is 0 Å². The van der Waals surface area contributed by atoms with Crippen molar-refractivity contribution in [2.45, 2.75) is 28.5 Å². The minimum atomic E-state index is -4.89. The molecule has 35 heavy (non-hydrogen) atoms. The lowest BCUT2D eigenvalue weighted by Crippen LogP contribution is -2.17. The predicted octanol–water partition coefficient (Wildman–Crippen LogP) is 3.06. The van der Waals surface area contributed by atoms with Gasteiger partial charge in [-0.3, -0.25) is 24.1 Å². The van der Waals surface area contributed by atoms with Gasteiger partial charge in [-0.05, 0) is 49.7 Å². The van der Waals surface area contributed by atoms with Crippen molar-refractivity contribution in [2.75, 3.05) is 9.44 Å². The Morgan fingerprint density at radius 3 is 1.74 bits per heavy atom. The molecule has 3 aromatic rings. The maximum Gasteiger partial charge on any atom is 0.294 e. The first-order chi connectivity index (χ1) is 16.1. The van der Waals surface area contributed by atoms with E-state index < -0.39 is 50.6 Å². The number of non-ortho nitro benzene ring substituents is 1. The van der Waals surface area contributed by atoms with Crippen molar-refractivity contribution in [1.29, 1.82) is 0 Å². The van der Waals surface area contributed by atoms with Crippen molar-refractivity contribution < 1.29 is 34.7 Å². The first-order valence-corrected chi connectivity index (χ1v) is 14.0. The number of benzene rings is 3. The van der Waals surface area contributed by atoms with E-state index in [0.717, 1.165) is 42.0 Å². The molecule has 186 valence electrons. The molecule has 0 aliphatic heterocycles. The minimum absolute atomic E-state index is 0.0258. The summed E-state index contributed by atoms with van der Waals surface area (Å²) in [4.78, 5) is 8.77.